The number of aryl methyl sites for hydroxylation is 2. The molecule has 0 atom stereocenters. The third-order valence-electron chi connectivity index (χ3n) is 5.44. The van der Waals surface area contributed by atoms with E-state index in [9.17, 15) is 8.42 Å². The van der Waals surface area contributed by atoms with Crippen LogP contribution in [0, 0.1) is 13.8 Å². The number of anilines is 2. The standard InChI is InChI=1S/C21H26N6O2S/c1-15-16(2)25-26(3)21(15)24-19-9-10-22-20(23-19)14-17-7-6-8-18(13-17)30(28,29)27-11-4-5-12-27/h6-10,13H,4-5,11-12,14H2,1-3H3,(H,22,23,24). The lowest BCUT2D eigenvalue weighted by molar-refractivity contribution is 0.477. The lowest BCUT2D eigenvalue weighted by Gasteiger charge is -2.16. The zero-order chi connectivity index (χ0) is 21.3. The van der Waals surface area contributed by atoms with Crippen LogP contribution in [-0.2, 0) is 23.5 Å². The first-order valence-corrected chi connectivity index (χ1v) is 11.5. The highest BCUT2D eigenvalue weighted by atomic mass is 32.2. The Hall–Kier alpha value is -2.78. The zero-order valence-corrected chi connectivity index (χ0v) is 18.3. The highest BCUT2D eigenvalue weighted by molar-refractivity contribution is 7.89. The molecule has 0 unspecified atom stereocenters. The summed E-state index contributed by atoms with van der Waals surface area (Å²) in [7, 11) is -1.55. The van der Waals surface area contributed by atoms with Crippen LogP contribution in [-0.4, -0.2) is 45.6 Å². The predicted molar refractivity (Wildman–Crippen MR) is 115 cm³/mol. The Balaban J connectivity index is 1.54. The van der Waals surface area contributed by atoms with E-state index in [-0.39, 0.29) is 0 Å². The number of nitrogens with one attached hydrogen (secondary N) is 1. The Labute approximate surface area is 177 Å². The van der Waals surface area contributed by atoms with Crippen LogP contribution < -0.4 is 5.32 Å². The van der Waals surface area contributed by atoms with Gasteiger partial charge in [-0.1, -0.05) is 12.1 Å². The molecule has 3 aromatic rings. The highest BCUT2D eigenvalue weighted by Gasteiger charge is 2.27. The summed E-state index contributed by atoms with van der Waals surface area (Å²) >= 11 is 0. The summed E-state index contributed by atoms with van der Waals surface area (Å²) in [5.41, 5.74) is 2.89. The molecule has 0 radical (unpaired) electrons. The molecule has 0 amide bonds. The number of rotatable bonds is 6. The number of hydrogen-bond donors (Lipinski definition) is 1. The molecule has 1 saturated heterocycles. The molecule has 0 saturated carbocycles. The van der Waals surface area contributed by atoms with Crippen LogP contribution >= 0.6 is 0 Å². The minimum atomic E-state index is -3.44. The van der Waals surface area contributed by atoms with Crippen molar-refractivity contribution in [2.45, 2.75) is 38.0 Å². The molecular weight excluding hydrogens is 400 g/mol. The molecule has 9 heteroatoms. The molecule has 1 aliphatic heterocycles. The molecule has 4 rings (SSSR count). The number of aromatic nitrogens is 4. The van der Waals surface area contributed by atoms with Gasteiger partial charge < -0.3 is 5.32 Å². The normalized spacial score (nSPS) is 14.9. The Bertz CT molecular complexity index is 1170. The Morgan fingerprint density at radius 3 is 2.60 bits per heavy atom. The molecule has 8 nitrogen and oxygen atoms in total. The fourth-order valence-electron chi connectivity index (χ4n) is 3.69. The average molecular weight is 427 g/mol. The lowest BCUT2D eigenvalue weighted by Crippen LogP contribution is -2.27. The van der Waals surface area contributed by atoms with Crippen molar-refractivity contribution in [2.24, 2.45) is 7.05 Å². The molecule has 30 heavy (non-hydrogen) atoms. The number of hydrogen-bond acceptors (Lipinski definition) is 6. The van der Waals surface area contributed by atoms with Gasteiger partial charge in [0.25, 0.3) is 0 Å². The second-order valence-electron chi connectivity index (χ2n) is 7.60. The van der Waals surface area contributed by atoms with E-state index in [4.69, 9.17) is 0 Å². The SMILES string of the molecule is Cc1nn(C)c(Nc2ccnc(Cc3cccc(S(=O)(=O)N4CCCC4)c3)n2)c1C. The minimum Gasteiger partial charge on any atom is -0.325 e. The number of benzene rings is 1. The Kier molecular flexibility index (Phi) is 5.57. The van der Waals surface area contributed by atoms with Gasteiger partial charge in [0.15, 0.2) is 0 Å². The second kappa shape index (κ2) is 8.16. The van der Waals surface area contributed by atoms with E-state index in [1.54, 1.807) is 39.4 Å². The van der Waals surface area contributed by atoms with Gasteiger partial charge in [-0.05, 0) is 50.5 Å². The van der Waals surface area contributed by atoms with E-state index in [0.717, 1.165) is 35.5 Å². The molecule has 158 valence electrons. The van der Waals surface area contributed by atoms with Crippen molar-refractivity contribution < 1.29 is 8.42 Å². The highest BCUT2D eigenvalue weighted by Crippen LogP contribution is 2.23. The number of sulfonamides is 1. The van der Waals surface area contributed by atoms with Gasteiger partial charge in [0.1, 0.15) is 17.5 Å². The quantitative estimate of drug-likeness (QED) is 0.651. The molecule has 1 aromatic carbocycles. The van der Waals surface area contributed by atoms with Crippen molar-refractivity contribution in [3.05, 3.63) is 59.2 Å². The molecule has 3 heterocycles. The maximum atomic E-state index is 12.8. The van der Waals surface area contributed by atoms with Crippen molar-refractivity contribution in [2.75, 3.05) is 18.4 Å². The van der Waals surface area contributed by atoms with Crippen molar-refractivity contribution >= 4 is 21.7 Å². The average Bonchev–Trinajstić information content (AvgIpc) is 3.34. The number of nitrogens with zero attached hydrogens (tertiary/aromatic N) is 5. The van der Waals surface area contributed by atoms with Crippen LogP contribution in [0.3, 0.4) is 0 Å². The van der Waals surface area contributed by atoms with Gasteiger partial charge >= 0.3 is 0 Å². The first kappa shape index (κ1) is 20.5. The first-order chi connectivity index (χ1) is 14.3. The maximum absolute atomic E-state index is 12.8. The summed E-state index contributed by atoms with van der Waals surface area (Å²) in [6, 6.07) is 8.87. The predicted octanol–water partition coefficient (Wildman–Crippen LogP) is 2.95. The van der Waals surface area contributed by atoms with Gasteiger partial charge in [-0.15, -0.1) is 0 Å². The van der Waals surface area contributed by atoms with Crippen molar-refractivity contribution in [1.29, 1.82) is 0 Å². The molecule has 1 N–H and O–H groups in total. The summed E-state index contributed by atoms with van der Waals surface area (Å²) in [5.74, 6) is 2.18. The van der Waals surface area contributed by atoms with Crippen molar-refractivity contribution in [3.8, 4) is 0 Å². The third-order valence-corrected chi connectivity index (χ3v) is 7.33. The van der Waals surface area contributed by atoms with Gasteiger partial charge in [0.2, 0.25) is 10.0 Å². The van der Waals surface area contributed by atoms with Crippen LogP contribution in [0.2, 0.25) is 0 Å². The van der Waals surface area contributed by atoms with Gasteiger partial charge in [-0.25, -0.2) is 18.4 Å². The van der Waals surface area contributed by atoms with Crippen LogP contribution in [0.5, 0.6) is 0 Å². The fourth-order valence-corrected chi connectivity index (χ4v) is 5.28. The molecule has 0 bridgehead atoms. The van der Waals surface area contributed by atoms with E-state index in [2.05, 4.69) is 20.4 Å². The van der Waals surface area contributed by atoms with E-state index in [1.807, 2.05) is 27.0 Å². The second-order valence-corrected chi connectivity index (χ2v) is 9.54. The van der Waals surface area contributed by atoms with Gasteiger partial charge in [0.05, 0.1) is 10.6 Å². The topological polar surface area (TPSA) is 93.0 Å². The van der Waals surface area contributed by atoms with E-state index in [0.29, 0.717) is 36.0 Å². The molecule has 2 aromatic heterocycles. The summed E-state index contributed by atoms with van der Waals surface area (Å²) in [4.78, 5) is 9.29. The zero-order valence-electron chi connectivity index (χ0n) is 17.5. The summed E-state index contributed by atoms with van der Waals surface area (Å²) in [5, 5.41) is 7.72. The molecule has 1 fully saturated rings. The van der Waals surface area contributed by atoms with E-state index < -0.39 is 10.0 Å². The van der Waals surface area contributed by atoms with Gasteiger partial charge in [-0.3, -0.25) is 4.68 Å². The summed E-state index contributed by atoms with van der Waals surface area (Å²) in [6.45, 7) is 5.17. The van der Waals surface area contributed by atoms with Crippen molar-refractivity contribution in [1.82, 2.24) is 24.1 Å². The molecule has 0 aliphatic carbocycles. The maximum Gasteiger partial charge on any atom is 0.243 e. The van der Waals surface area contributed by atoms with Crippen LogP contribution in [0.25, 0.3) is 0 Å². The van der Waals surface area contributed by atoms with E-state index in [1.165, 1.54) is 0 Å². The third kappa shape index (κ3) is 4.08. The Morgan fingerprint density at radius 2 is 1.90 bits per heavy atom. The van der Waals surface area contributed by atoms with Gasteiger partial charge in [0, 0.05) is 38.3 Å². The largest absolute Gasteiger partial charge is 0.325 e. The smallest absolute Gasteiger partial charge is 0.243 e. The molecule has 1 aliphatic rings. The van der Waals surface area contributed by atoms with E-state index >= 15 is 0 Å². The fraction of sp³-hybridized carbons (Fsp3) is 0.381. The molecule has 0 spiro atoms. The summed E-state index contributed by atoms with van der Waals surface area (Å²) in [6.07, 6.45) is 3.99. The van der Waals surface area contributed by atoms with Crippen molar-refractivity contribution in [3.63, 3.8) is 0 Å². The Morgan fingerprint density at radius 1 is 1.13 bits per heavy atom. The summed E-state index contributed by atoms with van der Waals surface area (Å²) < 4.78 is 29.0. The van der Waals surface area contributed by atoms with Gasteiger partial charge in [-0.2, -0.15) is 9.40 Å². The van der Waals surface area contributed by atoms with Crippen LogP contribution in [0.4, 0.5) is 11.6 Å². The monoisotopic (exact) mass is 426 g/mol. The minimum absolute atomic E-state index is 0.331. The lowest BCUT2D eigenvalue weighted by atomic mass is 10.1. The van der Waals surface area contributed by atoms with Crippen LogP contribution in [0.15, 0.2) is 41.4 Å². The first-order valence-electron chi connectivity index (χ1n) is 10.0. The van der Waals surface area contributed by atoms with Crippen LogP contribution in [0.1, 0.15) is 35.5 Å². The molecular formula is C21H26N6O2S.